The van der Waals surface area contributed by atoms with Crippen LogP contribution in [0.3, 0.4) is 0 Å². The van der Waals surface area contributed by atoms with Crippen LogP contribution in [0.2, 0.25) is 0 Å². The third-order valence-corrected chi connectivity index (χ3v) is 9.92. The van der Waals surface area contributed by atoms with Crippen LogP contribution in [0.25, 0.3) is 63.6 Å². The first kappa shape index (κ1) is 25.0. The second-order valence-corrected chi connectivity index (χ2v) is 12.3. The summed E-state index contributed by atoms with van der Waals surface area (Å²) >= 11 is 1.83. The van der Waals surface area contributed by atoms with Gasteiger partial charge in [-0.15, -0.1) is 11.3 Å². The summed E-state index contributed by atoms with van der Waals surface area (Å²) in [6.45, 7) is 0. The first-order chi connectivity index (χ1) is 21.8. The van der Waals surface area contributed by atoms with Gasteiger partial charge in [-0.1, -0.05) is 109 Å². The van der Waals surface area contributed by atoms with Gasteiger partial charge in [0.25, 0.3) is 0 Å². The molecule has 0 spiro atoms. The van der Waals surface area contributed by atoms with Crippen molar-refractivity contribution in [1.29, 1.82) is 0 Å². The number of aromatic nitrogens is 1. The number of pyridine rings is 1. The van der Waals surface area contributed by atoms with Crippen molar-refractivity contribution in [3.05, 3.63) is 158 Å². The van der Waals surface area contributed by atoms with Gasteiger partial charge in [-0.05, 0) is 79.8 Å². The van der Waals surface area contributed by atoms with Gasteiger partial charge in [0, 0.05) is 33.0 Å². The van der Waals surface area contributed by atoms with E-state index >= 15 is 0 Å². The Morgan fingerprint density at radius 1 is 0.455 bits per heavy atom. The number of nitrogens with zero attached hydrogens (tertiary/aromatic N) is 2. The summed E-state index contributed by atoms with van der Waals surface area (Å²) in [4.78, 5) is 7.04. The van der Waals surface area contributed by atoms with Gasteiger partial charge < -0.3 is 4.90 Å². The Morgan fingerprint density at radius 2 is 1.09 bits per heavy atom. The molecule has 3 heteroatoms. The number of fused-ring (bicyclic) bond motifs is 8. The zero-order valence-electron chi connectivity index (χ0n) is 23.8. The number of rotatable bonds is 4. The Bertz CT molecular complexity index is 2490. The van der Waals surface area contributed by atoms with E-state index in [4.69, 9.17) is 4.98 Å². The maximum absolute atomic E-state index is 4.71. The summed E-state index contributed by atoms with van der Waals surface area (Å²) in [5, 5.41) is 10.1. The zero-order valence-corrected chi connectivity index (χ0v) is 24.6. The summed E-state index contributed by atoms with van der Waals surface area (Å²) in [5.41, 5.74) is 5.70. The van der Waals surface area contributed by atoms with Crippen LogP contribution in [0.15, 0.2) is 158 Å². The molecule has 0 aliphatic carbocycles. The molecule has 0 aliphatic rings. The molecule has 0 N–H and O–H groups in total. The first-order valence-corrected chi connectivity index (χ1v) is 15.7. The van der Waals surface area contributed by atoms with E-state index in [1.54, 1.807) is 0 Å². The molecule has 0 amide bonds. The predicted molar refractivity (Wildman–Crippen MR) is 190 cm³/mol. The average molecular weight is 579 g/mol. The van der Waals surface area contributed by atoms with Crippen molar-refractivity contribution in [2.75, 3.05) is 4.90 Å². The minimum Gasteiger partial charge on any atom is -0.308 e. The molecule has 9 rings (SSSR count). The van der Waals surface area contributed by atoms with E-state index in [0.717, 1.165) is 17.1 Å². The van der Waals surface area contributed by atoms with Crippen molar-refractivity contribution < 1.29 is 0 Å². The van der Waals surface area contributed by atoms with Crippen LogP contribution in [-0.2, 0) is 0 Å². The van der Waals surface area contributed by atoms with Crippen molar-refractivity contribution in [3.63, 3.8) is 0 Å². The van der Waals surface area contributed by atoms with Crippen LogP contribution >= 0.6 is 11.3 Å². The molecule has 0 fully saturated rings. The molecule has 9 aromatic rings. The normalized spacial score (nSPS) is 11.6. The predicted octanol–water partition coefficient (Wildman–Crippen LogP) is 12.0. The number of hydrogen-bond donors (Lipinski definition) is 0. The zero-order chi connectivity index (χ0) is 29.0. The highest BCUT2D eigenvalue weighted by Gasteiger charge is 2.18. The Labute approximate surface area is 259 Å². The van der Waals surface area contributed by atoms with Gasteiger partial charge in [0.15, 0.2) is 0 Å². The second-order valence-electron chi connectivity index (χ2n) is 11.2. The first-order valence-electron chi connectivity index (χ1n) is 14.9. The fourth-order valence-corrected chi connectivity index (χ4v) is 7.77. The van der Waals surface area contributed by atoms with Crippen LogP contribution < -0.4 is 4.90 Å². The van der Waals surface area contributed by atoms with Gasteiger partial charge >= 0.3 is 0 Å². The van der Waals surface area contributed by atoms with Crippen molar-refractivity contribution in [3.8, 4) is 11.1 Å². The lowest BCUT2D eigenvalue weighted by atomic mass is 9.94. The van der Waals surface area contributed by atoms with Crippen molar-refractivity contribution >= 4 is 80.9 Å². The minimum atomic E-state index is 1.09. The molecular formula is C41H26N2S. The topological polar surface area (TPSA) is 16.1 Å². The number of hydrogen-bond acceptors (Lipinski definition) is 3. The highest BCUT2D eigenvalue weighted by atomic mass is 32.1. The van der Waals surface area contributed by atoms with Gasteiger partial charge in [0.05, 0.1) is 16.6 Å². The maximum Gasteiger partial charge on any atom is 0.0824 e. The van der Waals surface area contributed by atoms with E-state index in [-0.39, 0.29) is 0 Å². The monoisotopic (exact) mass is 578 g/mol. The lowest BCUT2D eigenvalue weighted by Crippen LogP contribution is -2.10. The number of para-hydroxylation sites is 1. The standard InChI is InChI=1S/C41H26N2S/c1-2-9-32(10-3-1)43(38-26-42-25-37-35-12-6-7-13-39(35)44-41(37)38)33-22-20-27(21-23-33)31-19-16-29-15-18-30-17-14-28-8-4-5-11-34(28)40(30)36(29)24-31/h1-26H. The summed E-state index contributed by atoms with van der Waals surface area (Å²) in [6.07, 6.45) is 3.99. The third-order valence-electron chi connectivity index (χ3n) is 8.71. The molecule has 0 unspecified atom stereocenters. The molecule has 0 atom stereocenters. The van der Waals surface area contributed by atoms with Crippen molar-refractivity contribution in [2.24, 2.45) is 0 Å². The Balaban J connectivity index is 1.19. The van der Waals surface area contributed by atoms with E-state index in [1.165, 1.54) is 63.6 Å². The van der Waals surface area contributed by atoms with Crippen LogP contribution in [0.4, 0.5) is 17.1 Å². The Hall–Kier alpha value is -5.51. The van der Waals surface area contributed by atoms with E-state index in [1.807, 2.05) is 23.7 Å². The van der Waals surface area contributed by atoms with E-state index in [2.05, 4.69) is 150 Å². The Kier molecular flexibility index (Phi) is 5.71. The number of thiophene rings is 1. The molecule has 206 valence electrons. The molecular weight excluding hydrogens is 553 g/mol. The molecule has 0 radical (unpaired) electrons. The maximum atomic E-state index is 4.71. The highest BCUT2D eigenvalue weighted by Crippen LogP contribution is 2.44. The molecule has 2 heterocycles. The van der Waals surface area contributed by atoms with Crippen LogP contribution in [0.1, 0.15) is 0 Å². The fourth-order valence-electron chi connectivity index (χ4n) is 6.60. The van der Waals surface area contributed by atoms with Gasteiger partial charge in [-0.25, -0.2) is 0 Å². The molecule has 2 nitrogen and oxygen atoms in total. The molecule has 0 saturated heterocycles. The average Bonchev–Trinajstić information content (AvgIpc) is 3.48. The summed E-state index contributed by atoms with van der Waals surface area (Å²) in [5.74, 6) is 0. The van der Waals surface area contributed by atoms with Crippen LogP contribution in [0.5, 0.6) is 0 Å². The molecule has 2 aromatic heterocycles. The van der Waals surface area contributed by atoms with E-state index in [9.17, 15) is 0 Å². The fraction of sp³-hybridized carbons (Fsp3) is 0. The lowest BCUT2D eigenvalue weighted by molar-refractivity contribution is 1.26. The molecule has 0 bridgehead atoms. The van der Waals surface area contributed by atoms with Crippen molar-refractivity contribution in [2.45, 2.75) is 0 Å². The van der Waals surface area contributed by atoms with E-state index < -0.39 is 0 Å². The van der Waals surface area contributed by atoms with Gasteiger partial charge in [-0.3, -0.25) is 4.98 Å². The van der Waals surface area contributed by atoms with E-state index in [0.29, 0.717) is 0 Å². The molecule has 7 aromatic carbocycles. The Morgan fingerprint density at radius 3 is 1.93 bits per heavy atom. The summed E-state index contributed by atoms with van der Waals surface area (Å²) in [7, 11) is 0. The molecule has 0 saturated carbocycles. The number of benzene rings is 7. The van der Waals surface area contributed by atoms with Crippen LogP contribution in [0, 0.1) is 0 Å². The molecule has 44 heavy (non-hydrogen) atoms. The second kappa shape index (κ2) is 10.0. The summed E-state index contributed by atoms with van der Waals surface area (Å²) < 4.78 is 2.51. The smallest absolute Gasteiger partial charge is 0.0824 e. The van der Waals surface area contributed by atoms with Crippen molar-refractivity contribution in [1.82, 2.24) is 4.98 Å². The quantitative estimate of drug-likeness (QED) is 0.193. The largest absolute Gasteiger partial charge is 0.308 e. The van der Waals surface area contributed by atoms with Gasteiger partial charge in [0.2, 0.25) is 0 Å². The third kappa shape index (κ3) is 3.98. The van der Waals surface area contributed by atoms with Crippen LogP contribution in [-0.4, -0.2) is 4.98 Å². The van der Waals surface area contributed by atoms with Gasteiger partial charge in [-0.2, -0.15) is 0 Å². The van der Waals surface area contributed by atoms with Gasteiger partial charge in [0.1, 0.15) is 0 Å². The summed E-state index contributed by atoms with van der Waals surface area (Å²) in [6, 6.07) is 52.6. The minimum absolute atomic E-state index is 1.09. The highest BCUT2D eigenvalue weighted by molar-refractivity contribution is 7.26. The SMILES string of the molecule is c1ccc(N(c2ccc(-c3ccc4ccc5ccc6ccccc6c5c4c3)cc2)c2cncc3c2sc2ccccc23)cc1. The number of anilines is 3. The lowest BCUT2D eigenvalue weighted by Gasteiger charge is -2.25. The molecule has 0 aliphatic heterocycles.